The lowest BCUT2D eigenvalue weighted by Gasteiger charge is -2.50. The second-order valence-electron chi connectivity index (χ2n) is 43.7. The summed E-state index contributed by atoms with van der Waals surface area (Å²) < 4.78 is 39.5. The number of hydrogen-bond donors (Lipinski definition) is 0. The van der Waals surface area contributed by atoms with E-state index >= 15 is 28.8 Å². The fraction of sp³-hybridized carbons (Fsp3) is 0.868. The molecule has 0 aliphatic carbocycles. The van der Waals surface area contributed by atoms with Gasteiger partial charge in [-0.3, -0.25) is 28.8 Å². The van der Waals surface area contributed by atoms with Crippen molar-refractivity contribution in [3.63, 3.8) is 0 Å². The standard InChI is InChI=1S/C91H152N6O18/c1-28-31-43-89(71(98)110-65-50-77(4,5)92(104)78(6,7)51-65,72(99)111-66-52-79(8,9)93(105)80(10,11)53-66)46-35-34-39-63-42-41-62(38-36-47-90(44-32-29-2,73(100)112-67-54-81(12,13)94(106)82(14,15)55-67)74(101)113-68-56-83(16,17)95(107)84(18,19)57-68)49-64(63)40-37-48-91(45-33-30-3,75(102)114-69-58-85(20,21)96(108)86(22,23)59-69)76(103)115-70-60-87(24,25)97(109)88(26,27)61-70/h41-42,49,65-70H,28-40,43-48,50-61H2,1-27H3. The molecule has 0 atom stereocenters. The first kappa shape index (κ1) is 97.7. The minimum Gasteiger partial charge on any atom is -0.461 e. The fourth-order valence-electron chi connectivity index (χ4n) is 21.6. The number of aryl methyl sites for hydroxylation is 3. The molecule has 6 heterocycles. The molecule has 115 heavy (non-hydrogen) atoms. The maximum atomic E-state index is 15.7. The van der Waals surface area contributed by atoms with Crippen LogP contribution < -0.4 is 0 Å². The van der Waals surface area contributed by atoms with Gasteiger partial charge in [0.05, 0.1) is 0 Å². The SMILES string of the molecule is CCCCC(CCCCc1ccc(CCCC(CCCC)(C(=O)OC2CC(C)(C)N([O])C(C)(C)C2)C(=O)OC2CC(C)(C)N([O])C(C)(C)C2)cc1CCCC(CCCC)(C(=O)OC1CC(C)(C)N([O])C(C)(C)C1)C(=O)OC1CC(C)(C)N([O])C(C)(C)C1)(C(=O)OC1CC(C)(C)N([O])C(C)(C)C1)C(=O)OC1CC(C)(C)N([O])C(C)(C)C1. The lowest BCUT2D eigenvalue weighted by Crippen LogP contribution is -2.61. The number of benzene rings is 1. The Bertz CT molecular complexity index is 3230. The molecule has 6 fully saturated rings. The first-order valence-electron chi connectivity index (χ1n) is 43.8. The number of unbranched alkanes of at least 4 members (excludes halogenated alkanes) is 4. The Morgan fingerprint density at radius 3 is 0.661 bits per heavy atom. The van der Waals surface area contributed by atoms with Gasteiger partial charge in [-0.2, -0.15) is 0 Å². The van der Waals surface area contributed by atoms with Gasteiger partial charge in [-0.05, 0) is 260 Å². The van der Waals surface area contributed by atoms with E-state index in [1.54, 1.807) is 0 Å². The van der Waals surface area contributed by atoms with Crippen LogP contribution in [0.15, 0.2) is 18.2 Å². The van der Waals surface area contributed by atoms with Crippen molar-refractivity contribution in [2.75, 3.05) is 0 Å². The number of esters is 6. The minimum atomic E-state index is -1.82. The van der Waals surface area contributed by atoms with E-state index in [1.807, 2.05) is 193 Å². The summed E-state index contributed by atoms with van der Waals surface area (Å²) in [5.41, 5.74) is -13.4. The smallest absolute Gasteiger partial charge is 0.323 e. The number of hydroxylamine groups is 12. The molecule has 24 heteroatoms. The normalized spacial score (nSPS) is 24.4. The van der Waals surface area contributed by atoms with Crippen molar-refractivity contribution in [1.82, 2.24) is 30.4 Å². The van der Waals surface area contributed by atoms with Crippen LogP contribution in [0.2, 0.25) is 0 Å². The van der Waals surface area contributed by atoms with E-state index < -0.39 is 155 Å². The van der Waals surface area contributed by atoms with Crippen molar-refractivity contribution in [3.05, 3.63) is 34.9 Å². The van der Waals surface area contributed by atoms with E-state index in [4.69, 9.17) is 28.4 Å². The molecule has 7 rings (SSSR count). The van der Waals surface area contributed by atoms with Crippen molar-refractivity contribution < 1.29 is 88.4 Å². The lowest BCUT2D eigenvalue weighted by molar-refractivity contribution is -0.301. The zero-order valence-electron chi connectivity index (χ0n) is 76.1. The Kier molecular flexibility index (Phi) is 30.8. The second-order valence-corrected chi connectivity index (χ2v) is 43.7. The predicted octanol–water partition coefficient (Wildman–Crippen LogP) is 18.0. The van der Waals surface area contributed by atoms with Gasteiger partial charge in [-0.1, -0.05) is 83.9 Å². The summed E-state index contributed by atoms with van der Waals surface area (Å²) in [6, 6.07) is 6.20. The first-order valence-corrected chi connectivity index (χ1v) is 43.8. The predicted molar refractivity (Wildman–Crippen MR) is 435 cm³/mol. The molecular weight excluding hydrogens is 1470 g/mol. The van der Waals surface area contributed by atoms with Gasteiger partial charge < -0.3 is 28.4 Å². The molecule has 0 unspecified atom stereocenters. The third kappa shape index (κ3) is 22.5. The summed E-state index contributed by atoms with van der Waals surface area (Å²) in [5.74, 6) is -4.25. The van der Waals surface area contributed by atoms with Crippen LogP contribution in [-0.2, 0) is 108 Å². The van der Waals surface area contributed by atoms with Crippen LogP contribution in [0.4, 0.5) is 0 Å². The van der Waals surface area contributed by atoms with Crippen LogP contribution in [0.5, 0.6) is 0 Å². The number of hydrogen-bond acceptors (Lipinski definition) is 18. The monoisotopic (exact) mass is 1620 g/mol. The quantitative estimate of drug-likeness (QED) is 0.0268. The molecule has 1 aromatic carbocycles. The van der Waals surface area contributed by atoms with Gasteiger partial charge in [-0.15, -0.1) is 61.6 Å². The van der Waals surface area contributed by atoms with Gasteiger partial charge in [0.2, 0.25) is 0 Å². The number of carbonyl (C=O) groups excluding carboxylic acids is 6. The second kappa shape index (κ2) is 36.3. The Morgan fingerprint density at radius 1 is 0.270 bits per heavy atom. The Morgan fingerprint density at radius 2 is 0.452 bits per heavy atom. The maximum absolute atomic E-state index is 15.7. The molecule has 0 spiro atoms. The van der Waals surface area contributed by atoms with Gasteiger partial charge in [0, 0.05) is 144 Å². The summed E-state index contributed by atoms with van der Waals surface area (Å²) in [5, 5.41) is 88.6. The van der Waals surface area contributed by atoms with E-state index in [0.717, 1.165) is 47.1 Å². The van der Waals surface area contributed by atoms with E-state index in [2.05, 4.69) is 12.1 Å². The van der Waals surface area contributed by atoms with Crippen molar-refractivity contribution in [2.45, 2.75) is 489 Å². The van der Waals surface area contributed by atoms with Crippen LogP contribution in [0.3, 0.4) is 0 Å². The van der Waals surface area contributed by atoms with Gasteiger partial charge >= 0.3 is 35.8 Å². The molecule has 0 N–H and O–H groups in total. The minimum absolute atomic E-state index is 0.0118. The first-order chi connectivity index (χ1) is 52.6. The van der Waals surface area contributed by atoms with Crippen molar-refractivity contribution in [1.29, 1.82) is 0 Å². The molecule has 654 valence electrons. The highest BCUT2D eigenvalue weighted by molar-refractivity contribution is 6.01. The van der Waals surface area contributed by atoms with Crippen molar-refractivity contribution >= 4 is 35.8 Å². The van der Waals surface area contributed by atoms with Gasteiger partial charge in [0.1, 0.15) is 36.6 Å². The molecule has 6 saturated heterocycles. The van der Waals surface area contributed by atoms with Crippen molar-refractivity contribution in [3.8, 4) is 0 Å². The zero-order chi connectivity index (χ0) is 86.9. The van der Waals surface area contributed by atoms with Gasteiger partial charge in [-0.25, -0.2) is 0 Å². The number of ether oxygens (including phenoxy) is 6. The average molecular weight is 1620 g/mol. The number of rotatable bonds is 34. The number of nitrogens with zero attached hydrogens (tertiary/aromatic N) is 6. The molecule has 6 aliphatic rings. The Hall–Kier alpha value is -4.44. The van der Waals surface area contributed by atoms with Crippen molar-refractivity contribution in [2.24, 2.45) is 16.2 Å². The van der Waals surface area contributed by atoms with E-state index in [0.29, 0.717) is 77.0 Å². The van der Waals surface area contributed by atoms with Gasteiger partial charge in [0.15, 0.2) is 16.2 Å². The van der Waals surface area contributed by atoms with Crippen LogP contribution >= 0.6 is 0 Å². The maximum Gasteiger partial charge on any atom is 0.323 e. The van der Waals surface area contributed by atoms with E-state index in [-0.39, 0.29) is 122 Å². The largest absolute Gasteiger partial charge is 0.461 e. The third-order valence-corrected chi connectivity index (χ3v) is 26.9. The molecular formula is C91H152N6O18. The zero-order valence-corrected chi connectivity index (χ0v) is 76.1. The summed E-state index contributed by atoms with van der Waals surface area (Å²) in [4.78, 5) is 93.7. The molecule has 24 nitrogen and oxygen atoms in total. The average Bonchev–Trinajstić information content (AvgIpc) is 0.768. The van der Waals surface area contributed by atoms with Crippen LogP contribution in [0.25, 0.3) is 0 Å². The summed E-state index contributed by atoms with van der Waals surface area (Å²) in [6.45, 7) is 49.9. The molecule has 6 aliphatic heterocycles. The Balaban J connectivity index is 1.31. The van der Waals surface area contributed by atoms with Crippen LogP contribution in [-0.4, -0.2) is 169 Å². The molecule has 0 saturated carbocycles. The molecule has 0 amide bonds. The van der Waals surface area contributed by atoms with Crippen LogP contribution in [0, 0.1) is 16.2 Å². The Labute approximate surface area is 691 Å². The topological polar surface area (TPSA) is 297 Å². The third-order valence-electron chi connectivity index (χ3n) is 26.9. The van der Waals surface area contributed by atoms with Gasteiger partial charge in [0.25, 0.3) is 0 Å². The lowest BCUT2D eigenvalue weighted by atomic mass is 9.75. The molecule has 0 bridgehead atoms. The van der Waals surface area contributed by atoms with E-state index in [1.165, 1.54) is 0 Å². The highest BCUT2D eigenvalue weighted by Crippen LogP contribution is 2.50. The number of piperidine rings is 6. The highest BCUT2D eigenvalue weighted by atomic mass is 16.6. The summed E-state index contributed by atoms with van der Waals surface area (Å²) >= 11 is 0. The summed E-state index contributed by atoms with van der Waals surface area (Å²) in [7, 11) is 0. The van der Waals surface area contributed by atoms with E-state index in [9.17, 15) is 31.2 Å². The van der Waals surface area contributed by atoms with Crippen LogP contribution in [0.1, 0.15) is 383 Å². The fourth-order valence-corrected chi connectivity index (χ4v) is 21.6. The number of carbonyl (C=O) groups is 6. The highest BCUT2D eigenvalue weighted by Gasteiger charge is 2.60. The molecule has 1 aromatic rings. The molecule has 6 radical (unpaired) electrons. The summed E-state index contributed by atoms with van der Waals surface area (Å²) in [6.07, 6.45) is 5.12. The molecule has 0 aromatic heterocycles.